The van der Waals surface area contributed by atoms with E-state index in [9.17, 15) is 0 Å². The van der Waals surface area contributed by atoms with E-state index in [4.69, 9.17) is 4.18 Å². The third kappa shape index (κ3) is 5.77. The van der Waals surface area contributed by atoms with Gasteiger partial charge >= 0.3 is 0 Å². The summed E-state index contributed by atoms with van der Waals surface area (Å²) in [7, 11) is 0. The molecule has 126 valence electrons. The predicted octanol–water partition coefficient (Wildman–Crippen LogP) is 6.91. The van der Waals surface area contributed by atoms with Crippen LogP contribution in [0, 0.1) is 17.8 Å². The third-order valence-corrected chi connectivity index (χ3v) is 5.92. The van der Waals surface area contributed by atoms with Crippen LogP contribution in [0.5, 0.6) is 0 Å². The summed E-state index contributed by atoms with van der Waals surface area (Å²) in [6.45, 7) is 9.42. The standard InChI is InChI=1S/C20H34OS/c1-15(2)14-20(16(3)4)17-10-12-19(13-11-17)22-21-18-8-6-5-7-9-18/h10,12,15-16,18,20H,5-9,11,13-14H2,1-4H3. The highest BCUT2D eigenvalue weighted by Crippen LogP contribution is 2.37. The van der Waals surface area contributed by atoms with Crippen LogP contribution in [0.3, 0.4) is 0 Å². The van der Waals surface area contributed by atoms with Gasteiger partial charge in [-0.05, 0) is 49.9 Å². The lowest BCUT2D eigenvalue weighted by atomic mass is 9.79. The van der Waals surface area contributed by atoms with E-state index in [2.05, 4.69) is 39.8 Å². The largest absolute Gasteiger partial charge is 0.307 e. The summed E-state index contributed by atoms with van der Waals surface area (Å²) in [5.74, 6) is 2.28. The molecule has 0 saturated heterocycles. The van der Waals surface area contributed by atoms with Crippen molar-refractivity contribution in [3.05, 3.63) is 22.6 Å². The van der Waals surface area contributed by atoms with E-state index >= 15 is 0 Å². The molecule has 0 heterocycles. The zero-order chi connectivity index (χ0) is 15.9. The van der Waals surface area contributed by atoms with Crippen molar-refractivity contribution in [2.75, 3.05) is 0 Å². The first-order chi connectivity index (χ1) is 10.6. The number of allylic oxidation sites excluding steroid dienone is 4. The highest BCUT2D eigenvalue weighted by molar-refractivity contribution is 7.98. The fraction of sp³-hybridized carbons (Fsp3) is 0.800. The maximum atomic E-state index is 6.05. The van der Waals surface area contributed by atoms with Crippen LogP contribution in [0.1, 0.15) is 79.1 Å². The third-order valence-electron chi connectivity index (χ3n) is 4.99. The summed E-state index contributed by atoms with van der Waals surface area (Å²) in [4.78, 5) is 1.42. The number of hydrogen-bond donors (Lipinski definition) is 0. The van der Waals surface area contributed by atoms with Gasteiger partial charge in [-0.25, -0.2) is 0 Å². The molecule has 0 radical (unpaired) electrons. The summed E-state index contributed by atoms with van der Waals surface area (Å²) in [5, 5.41) is 0. The Balaban J connectivity index is 1.86. The van der Waals surface area contributed by atoms with E-state index in [1.54, 1.807) is 17.6 Å². The van der Waals surface area contributed by atoms with Crippen LogP contribution >= 0.6 is 12.0 Å². The molecule has 0 amide bonds. The second-order valence-electron chi connectivity index (χ2n) is 7.79. The van der Waals surface area contributed by atoms with Crippen LogP contribution < -0.4 is 0 Å². The van der Waals surface area contributed by atoms with Gasteiger partial charge in [0.2, 0.25) is 0 Å². The van der Waals surface area contributed by atoms with Crippen LogP contribution in [-0.2, 0) is 4.18 Å². The summed E-state index contributed by atoms with van der Waals surface area (Å²) in [5.41, 5.74) is 1.66. The molecule has 0 aromatic carbocycles. The first-order valence-corrected chi connectivity index (χ1v) is 10.0. The van der Waals surface area contributed by atoms with E-state index in [1.807, 2.05) is 0 Å². The van der Waals surface area contributed by atoms with Crippen LogP contribution in [0.2, 0.25) is 0 Å². The van der Waals surface area contributed by atoms with E-state index in [0.29, 0.717) is 6.10 Å². The van der Waals surface area contributed by atoms with Crippen molar-refractivity contribution in [1.82, 2.24) is 0 Å². The molecule has 0 N–H and O–H groups in total. The number of hydrogen-bond acceptors (Lipinski definition) is 2. The van der Waals surface area contributed by atoms with Gasteiger partial charge in [0.05, 0.1) is 6.10 Å². The van der Waals surface area contributed by atoms with E-state index < -0.39 is 0 Å². The Kier molecular flexibility index (Phi) is 7.56. The average Bonchev–Trinajstić information content (AvgIpc) is 2.52. The first-order valence-electron chi connectivity index (χ1n) is 9.29. The molecule has 2 rings (SSSR count). The van der Waals surface area contributed by atoms with Crippen molar-refractivity contribution < 1.29 is 4.18 Å². The van der Waals surface area contributed by atoms with E-state index in [-0.39, 0.29) is 0 Å². The van der Waals surface area contributed by atoms with Crippen molar-refractivity contribution in [3.63, 3.8) is 0 Å². The molecule has 22 heavy (non-hydrogen) atoms. The molecule has 0 spiro atoms. The van der Waals surface area contributed by atoms with Crippen molar-refractivity contribution >= 4 is 12.0 Å². The highest BCUT2D eigenvalue weighted by atomic mass is 32.2. The lowest BCUT2D eigenvalue weighted by Gasteiger charge is -2.28. The second-order valence-corrected chi connectivity index (χ2v) is 8.68. The molecular weight excluding hydrogens is 288 g/mol. The summed E-state index contributed by atoms with van der Waals surface area (Å²) < 4.78 is 6.05. The molecule has 2 aliphatic carbocycles. The Labute approximate surface area is 142 Å². The molecule has 0 aromatic rings. The molecule has 0 aliphatic heterocycles. The zero-order valence-electron chi connectivity index (χ0n) is 14.9. The lowest BCUT2D eigenvalue weighted by Crippen LogP contribution is -2.16. The topological polar surface area (TPSA) is 9.23 Å². The number of rotatable bonds is 7. The van der Waals surface area contributed by atoms with Gasteiger partial charge in [0.25, 0.3) is 0 Å². The van der Waals surface area contributed by atoms with Crippen LogP contribution in [0.4, 0.5) is 0 Å². The molecule has 2 heteroatoms. The van der Waals surface area contributed by atoms with Gasteiger partial charge in [-0.1, -0.05) is 64.7 Å². The molecule has 1 saturated carbocycles. The van der Waals surface area contributed by atoms with Crippen molar-refractivity contribution in [3.8, 4) is 0 Å². The minimum atomic E-state index is 0.495. The predicted molar refractivity (Wildman–Crippen MR) is 98.7 cm³/mol. The second kappa shape index (κ2) is 9.17. The normalized spacial score (nSPS) is 21.9. The molecule has 1 atom stereocenters. The van der Waals surface area contributed by atoms with Gasteiger partial charge in [0.15, 0.2) is 0 Å². The fourth-order valence-electron chi connectivity index (χ4n) is 3.66. The van der Waals surface area contributed by atoms with Crippen molar-refractivity contribution in [2.24, 2.45) is 17.8 Å². The van der Waals surface area contributed by atoms with Crippen molar-refractivity contribution in [2.45, 2.75) is 85.2 Å². The fourth-order valence-corrected chi connectivity index (χ4v) is 4.42. The summed E-state index contributed by atoms with van der Waals surface area (Å²) >= 11 is 1.66. The minimum absolute atomic E-state index is 0.495. The van der Waals surface area contributed by atoms with Gasteiger partial charge in [-0.15, -0.1) is 0 Å². The Morgan fingerprint density at radius 2 is 1.77 bits per heavy atom. The van der Waals surface area contributed by atoms with E-state index in [1.165, 1.54) is 56.3 Å². The SMILES string of the molecule is CC(C)CC(C1=CC=C(SOC2CCCCC2)CC1)C(C)C. The molecular formula is C20H34OS. The van der Waals surface area contributed by atoms with E-state index in [0.717, 1.165) is 17.8 Å². The van der Waals surface area contributed by atoms with Gasteiger partial charge in [-0.2, -0.15) is 0 Å². The smallest absolute Gasteiger partial charge is 0.0726 e. The molecule has 1 unspecified atom stereocenters. The Morgan fingerprint density at radius 3 is 2.32 bits per heavy atom. The Hall–Kier alpha value is -0.210. The van der Waals surface area contributed by atoms with Crippen LogP contribution in [0.25, 0.3) is 0 Å². The molecule has 1 fully saturated rings. The quantitative estimate of drug-likeness (QED) is 0.471. The van der Waals surface area contributed by atoms with Gasteiger partial charge in [0, 0.05) is 16.9 Å². The maximum absolute atomic E-state index is 6.05. The molecule has 0 aromatic heterocycles. The first kappa shape index (κ1) is 18.1. The zero-order valence-corrected chi connectivity index (χ0v) is 15.8. The maximum Gasteiger partial charge on any atom is 0.0726 e. The molecule has 2 aliphatic rings. The Morgan fingerprint density at radius 1 is 1.05 bits per heavy atom. The van der Waals surface area contributed by atoms with Crippen molar-refractivity contribution in [1.29, 1.82) is 0 Å². The lowest BCUT2D eigenvalue weighted by molar-refractivity contribution is 0.186. The van der Waals surface area contributed by atoms with Crippen LogP contribution in [-0.4, -0.2) is 6.10 Å². The molecule has 0 bridgehead atoms. The summed E-state index contributed by atoms with van der Waals surface area (Å²) in [6, 6.07) is 0. The molecule has 1 nitrogen and oxygen atoms in total. The minimum Gasteiger partial charge on any atom is -0.307 e. The van der Waals surface area contributed by atoms with Gasteiger partial charge in [-0.3, -0.25) is 0 Å². The van der Waals surface area contributed by atoms with Gasteiger partial charge < -0.3 is 4.18 Å². The summed E-state index contributed by atoms with van der Waals surface area (Å²) in [6.07, 6.45) is 15.5. The van der Waals surface area contributed by atoms with Crippen LogP contribution in [0.15, 0.2) is 22.6 Å². The monoisotopic (exact) mass is 322 g/mol. The average molecular weight is 323 g/mol. The van der Waals surface area contributed by atoms with Gasteiger partial charge in [0.1, 0.15) is 0 Å². The Bertz CT molecular complexity index is 389. The highest BCUT2D eigenvalue weighted by Gasteiger charge is 2.22.